The summed E-state index contributed by atoms with van der Waals surface area (Å²) in [5, 5.41) is 3.11. The number of amides is 2. The molecule has 0 aromatic carbocycles. The number of aryl methyl sites for hydroxylation is 2. The molecule has 6 heteroatoms. The molecular weight excluding hydrogens is 352 g/mol. The van der Waals surface area contributed by atoms with Crippen LogP contribution in [0.5, 0.6) is 0 Å². The van der Waals surface area contributed by atoms with E-state index in [2.05, 4.69) is 15.3 Å². The number of nitrogens with zero attached hydrogens (tertiary/aromatic N) is 3. The topological polar surface area (TPSA) is 75.2 Å². The van der Waals surface area contributed by atoms with Gasteiger partial charge in [0.05, 0.1) is 17.3 Å². The highest BCUT2D eigenvalue weighted by Crippen LogP contribution is 2.46. The zero-order valence-corrected chi connectivity index (χ0v) is 16.4. The largest absolute Gasteiger partial charge is 0.348 e. The van der Waals surface area contributed by atoms with Gasteiger partial charge in [0, 0.05) is 24.5 Å². The van der Waals surface area contributed by atoms with Crippen LogP contribution < -0.4 is 10.2 Å². The number of hydrogen-bond donors (Lipinski definition) is 1. The van der Waals surface area contributed by atoms with Crippen LogP contribution in [0.25, 0.3) is 0 Å². The lowest BCUT2D eigenvalue weighted by Crippen LogP contribution is -2.46. The van der Waals surface area contributed by atoms with Crippen molar-refractivity contribution < 1.29 is 9.59 Å². The standard InChI is InChI=1S/C22H26N4O2/c1-15-11-18(14-23-13-15)26-10-9-22(21(26)28)8-4-6-17(12-22)25-20(27)19-7-3-5-16(2)24-19/h3,5,7,11,13-14,17H,4,6,8-10,12H2,1-2H3,(H,25,27)/t17-,22-/m0/s1. The highest BCUT2D eigenvalue weighted by molar-refractivity contribution is 6.00. The molecule has 1 N–H and O–H groups in total. The lowest BCUT2D eigenvalue weighted by Gasteiger charge is -2.36. The minimum Gasteiger partial charge on any atom is -0.348 e. The Morgan fingerprint density at radius 2 is 2.11 bits per heavy atom. The van der Waals surface area contributed by atoms with Crippen LogP contribution in [0, 0.1) is 19.3 Å². The van der Waals surface area contributed by atoms with Crippen molar-refractivity contribution >= 4 is 17.5 Å². The molecule has 0 radical (unpaired) electrons. The lowest BCUT2D eigenvalue weighted by molar-refractivity contribution is -0.127. The lowest BCUT2D eigenvalue weighted by atomic mass is 9.71. The Morgan fingerprint density at radius 1 is 1.25 bits per heavy atom. The minimum absolute atomic E-state index is 0.00287. The van der Waals surface area contributed by atoms with Crippen LogP contribution in [-0.2, 0) is 4.79 Å². The third kappa shape index (κ3) is 3.51. The van der Waals surface area contributed by atoms with Crippen molar-refractivity contribution in [3.8, 4) is 0 Å². The SMILES string of the molecule is Cc1cncc(N2CC[C@]3(CCC[C@H](NC(=O)c4cccc(C)n4)C3)C2=O)c1. The van der Waals surface area contributed by atoms with Gasteiger partial charge in [0.15, 0.2) is 0 Å². The van der Waals surface area contributed by atoms with Crippen molar-refractivity contribution in [3.63, 3.8) is 0 Å². The maximum atomic E-state index is 13.3. The first-order valence-electron chi connectivity index (χ1n) is 9.95. The summed E-state index contributed by atoms with van der Waals surface area (Å²) in [5.74, 6) is 0.0171. The first-order chi connectivity index (χ1) is 13.5. The van der Waals surface area contributed by atoms with Gasteiger partial charge in [-0.25, -0.2) is 4.98 Å². The van der Waals surface area contributed by atoms with Gasteiger partial charge >= 0.3 is 0 Å². The molecule has 3 heterocycles. The van der Waals surface area contributed by atoms with Gasteiger partial charge in [-0.15, -0.1) is 0 Å². The second-order valence-electron chi connectivity index (χ2n) is 8.14. The average Bonchev–Trinajstić information content (AvgIpc) is 2.97. The Kier molecular flexibility index (Phi) is 4.87. The highest BCUT2D eigenvalue weighted by atomic mass is 16.2. The van der Waals surface area contributed by atoms with E-state index in [0.717, 1.165) is 42.6 Å². The fraction of sp³-hybridized carbons (Fsp3) is 0.455. The van der Waals surface area contributed by atoms with Crippen LogP contribution in [0.3, 0.4) is 0 Å². The molecule has 28 heavy (non-hydrogen) atoms. The van der Waals surface area contributed by atoms with Crippen LogP contribution in [0.4, 0.5) is 5.69 Å². The monoisotopic (exact) mass is 378 g/mol. The van der Waals surface area contributed by atoms with Crippen molar-refractivity contribution in [3.05, 3.63) is 53.6 Å². The number of carbonyl (C=O) groups excluding carboxylic acids is 2. The quantitative estimate of drug-likeness (QED) is 0.890. The molecule has 1 aliphatic heterocycles. The third-order valence-electron chi connectivity index (χ3n) is 5.99. The Morgan fingerprint density at radius 3 is 2.89 bits per heavy atom. The molecule has 4 rings (SSSR count). The van der Waals surface area contributed by atoms with Crippen molar-refractivity contribution in [1.29, 1.82) is 0 Å². The van der Waals surface area contributed by atoms with E-state index in [9.17, 15) is 9.59 Å². The summed E-state index contributed by atoms with van der Waals surface area (Å²) in [4.78, 5) is 36.3. The zero-order chi connectivity index (χ0) is 19.7. The summed E-state index contributed by atoms with van der Waals surface area (Å²) in [7, 11) is 0. The van der Waals surface area contributed by atoms with Gasteiger partial charge in [-0.05, 0) is 63.3 Å². The fourth-order valence-corrected chi connectivity index (χ4v) is 4.59. The summed E-state index contributed by atoms with van der Waals surface area (Å²) < 4.78 is 0. The molecule has 146 valence electrons. The van der Waals surface area contributed by atoms with E-state index >= 15 is 0 Å². The number of pyridine rings is 2. The Balaban J connectivity index is 1.47. The van der Waals surface area contributed by atoms with E-state index in [1.807, 2.05) is 36.9 Å². The molecule has 2 aromatic heterocycles. The van der Waals surface area contributed by atoms with E-state index < -0.39 is 0 Å². The van der Waals surface area contributed by atoms with E-state index in [4.69, 9.17) is 0 Å². The number of anilines is 1. The Hall–Kier alpha value is -2.76. The first-order valence-corrected chi connectivity index (χ1v) is 9.95. The molecule has 0 bridgehead atoms. The van der Waals surface area contributed by atoms with E-state index in [-0.39, 0.29) is 23.3 Å². The normalized spacial score (nSPS) is 24.6. The van der Waals surface area contributed by atoms with Gasteiger partial charge in [0.25, 0.3) is 5.91 Å². The number of nitrogens with one attached hydrogen (secondary N) is 1. The number of carbonyl (C=O) groups is 2. The third-order valence-corrected chi connectivity index (χ3v) is 5.99. The predicted octanol–water partition coefficient (Wildman–Crippen LogP) is 3.19. The van der Waals surface area contributed by atoms with Crippen LogP contribution in [0.15, 0.2) is 36.7 Å². The summed E-state index contributed by atoms with van der Waals surface area (Å²) in [5.41, 5.74) is 2.80. The molecule has 1 spiro atoms. The second-order valence-corrected chi connectivity index (χ2v) is 8.14. The van der Waals surface area contributed by atoms with Crippen molar-refractivity contribution in [1.82, 2.24) is 15.3 Å². The van der Waals surface area contributed by atoms with Crippen LogP contribution in [-0.4, -0.2) is 34.4 Å². The summed E-state index contributed by atoms with van der Waals surface area (Å²) in [6.45, 7) is 4.57. The Bertz CT molecular complexity index is 913. The zero-order valence-electron chi connectivity index (χ0n) is 16.4. The smallest absolute Gasteiger partial charge is 0.270 e. The molecule has 2 amide bonds. The highest BCUT2D eigenvalue weighted by Gasteiger charge is 2.49. The fourth-order valence-electron chi connectivity index (χ4n) is 4.59. The van der Waals surface area contributed by atoms with Crippen molar-refractivity contribution in [2.24, 2.45) is 5.41 Å². The predicted molar refractivity (Wildman–Crippen MR) is 107 cm³/mol. The number of hydrogen-bond acceptors (Lipinski definition) is 4. The summed E-state index contributed by atoms with van der Waals surface area (Å²) in [6.07, 6.45) is 7.81. The molecule has 2 aromatic rings. The summed E-state index contributed by atoms with van der Waals surface area (Å²) in [6, 6.07) is 7.46. The van der Waals surface area contributed by atoms with Gasteiger partial charge in [0.1, 0.15) is 5.69 Å². The van der Waals surface area contributed by atoms with Crippen LogP contribution >= 0.6 is 0 Å². The molecule has 2 atom stereocenters. The second kappa shape index (κ2) is 7.34. The molecule has 1 aliphatic carbocycles. The van der Waals surface area contributed by atoms with Gasteiger partial charge < -0.3 is 10.2 Å². The average molecular weight is 378 g/mol. The molecule has 1 saturated carbocycles. The summed E-state index contributed by atoms with van der Waals surface area (Å²) >= 11 is 0. The number of aromatic nitrogens is 2. The van der Waals surface area contributed by atoms with Crippen molar-refractivity contribution in [2.45, 2.75) is 52.0 Å². The van der Waals surface area contributed by atoms with Gasteiger partial charge in [-0.1, -0.05) is 12.5 Å². The van der Waals surface area contributed by atoms with Crippen molar-refractivity contribution in [2.75, 3.05) is 11.4 Å². The van der Waals surface area contributed by atoms with Crippen LogP contribution in [0.2, 0.25) is 0 Å². The maximum absolute atomic E-state index is 13.3. The molecule has 0 unspecified atom stereocenters. The van der Waals surface area contributed by atoms with Gasteiger partial charge in [-0.2, -0.15) is 0 Å². The van der Waals surface area contributed by atoms with E-state index in [0.29, 0.717) is 18.7 Å². The van der Waals surface area contributed by atoms with Crippen LogP contribution in [0.1, 0.15) is 53.8 Å². The maximum Gasteiger partial charge on any atom is 0.270 e. The molecule has 6 nitrogen and oxygen atoms in total. The Labute approximate surface area is 165 Å². The van der Waals surface area contributed by atoms with Gasteiger partial charge in [-0.3, -0.25) is 14.6 Å². The van der Waals surface area contributed by atoms with E-state index in [1.165, 1.54) is 0 Å². The molecule has 2 fully saturated rings. The molecular formula is C22H26N4O2. The minimum atomic E-state index is -0.375. The van der Waals surface area contributed by atoms with Gasteiger partial charge in [0.2, 0.25) is 5.91 Å². The molecule has 1 saturated heterocycles. The number of rotatable bonds is 3. The van der Waals surface area contributed by atoms with E-state index in [1.54, 1.807) is 18.5 Å². The molecule has 2 aliphatic rings. The first kappa shape index (κ1) is 18.6.